The maximum absolute atomic E-state index is 14.0. The van der Waals surface area contributed by atoms with Crippen molar-refractivity contribution < 1.29 is 8.78 Å². The molecule has 0 aromatic heterocycles. The molecule has 0 aromatic rings. The highest BCUT2D eigenvalue weighted by molar-refractivity contribution is 5.25. The topological polar surface area (TPSA) is 0 Å². The van der Waals surface area contributed by atoms with Crippen LogP contribution in [0.2, 0.25) is 0 Å². The fourth-order valence-electron chi connectivity index (χ4n) is 1.19. The highest BCUT2D eigenvalue weighted by Crippen LogP contribution is 2.41. The van der Waals surface area contributed by atoms with Gasteiger partial charge in [-0.05, 0) is 12.2 Å². The van der Waals surface area contributed by atoms with E-state index in [1.807, 2.05) is 0 Å². The molecule has 0 heterocycles. The van der Waals surface area contributed by atoms with Crippen molar-refractivity contribution in [3.05, 3.63) is 24.1 Å². The standard InChI is InChI=1S/C10H14F2/c1-9(2,3)10(12)6-4-5-8(11)7-10/h4-5,7H,6H2,1-3H3. The Bertz CT molecular complexity index is 233. The van der Waals surface area contributed by atoms with Crippen molar-refractivity contribution in [2.75, 3.05) is 0 Å². The van der Waals surface area contributed by atoms with Crippen LogP contribution in [0.5, 0.6) is 0 Å². The van der Waals surface area contributed by atoms with Crippen molar-refractivity contribution in [1.29, 1.82) is 0 Å². The third-order valence-electron chi connectivity index (χ3n) is 2.31. The van der Waals surface area contributed by atoms with E-state index in [0.717, 1.165) is 6.08 Å². The molecule has 0 radical (unpaired) electrons. The lowest BCUT2D eigenvalue weighted by molar-refractivity contribution is 0.0785. The number of rotatable bonds is 0. The van der Waals surface area contributed by atoms with Gasteiger partial charge in [0.1, 0.15) is 11.5 Å². The Balaban J connectivity index is 2.95. The molecule has 0 fully saturated rings. The molecule has 1 atom stereocenters. The molecule has 12 heavy (non-hydrogen) atoms. The summed E-state index contributed by atoms with van der Waals surface area (Å²) in [6.07, 6.45) is 4.20. The van der Waals surface area contributed by atoms with Gasteiger partial charge in [0.2, 0.25) is 0 Å². The highest BCUT2D eigenvalue weighted by Gasteiger charge is 2.40. The molecule has 1 rings (SSSR count). The molecule has 0 saturated carbocycles. The molecule has 1 unspecified atom stereocenters. The van der Waals surface area contributed by atoms with Gasteiger partial charge in [-0.15, -0.1) is 0 Å². The van der Waals surface area contributed by atoms with Crippen LogP contribution in [0.25, 0.3) is 0 Å². The van der Waals surface area contributed by atoms with Gasteiger partial charge in [-0.2, -0.15) is 0 Å². The van der Waals surface area contributed by atoms with E-state index in [1.165, 1.54) is 6.08 Å². The number of hydrogen-bond acceptors (Lipinski definition) is 0. The lowest BCUT2D eigenvalue weighted by Crippen LogP contribution is -2.37. The van der Waals surface area contributed by atoms with E-state index >= 15 is 0 Å². The first kappa shape index (κ1) is 9.43. The Morgan fingerprint density at radius 2 is 2.00 bits per heavy atom. The molecule has 1 aliphatic carbocycles. The Morgan fingerprint density at radius 3 is 2.33 bits per heavy atom. The zero-order valence-corrected chi connectivity index (χ0v) is 7.70. The zero-order valence-electron chi connectivity index (χ0n) is 7.70. The number of allylic oxidation sites excluding steroid dienone is 4. The van der Waals surface area contributed by atoms with E-state index in [1.54, 1.807) is 26.8 Å². The van der Waals surface area contributed by atoms with Crippen molar-refractivity contribution in [3.63, 3.8) is 0 Å². The van der Waals surface area contributed by atoms with E-state index in [0.29, 0.717) is 0 Å². The van der Waals surface area contributed by atoms with Gasteiger partial charge in [0.15, 0.2) is 0 Å². The minimum absolute atomic E-state index is 0.268. The van der Waals surface area contributed by atoms with Gasteiger partial charge >= 0.3 is 0 Å². The summed E-state index contributed by atoms with van der Waals surface area (Å²) in [6, 6.07) is 0. The molecule has 0 nitrogen and oxygen atoms in total. The largest absolute Gasteiger partial charge is 0.238 e. The summed E-state index contributed by atoms with van der Waals surface area (Å²) in [5, 5.41) is 0. The molecular formula is C10H14F2. The number of alkyl halides is 1. The molecule has 0 amide bonds. The van der Waals surface area contributed by atoms with Crippen LogP contribution < -0.4 is 0 Å². The molecule has 1 aliphatic rings. The van der Waals surface area contributed by atoms with Gasteiger partial charge in [0.25, 0.3) is 0 Å². The van der Waals surface area contributed by atoms with Crippen LogP contribution in [0.1, 0.15) is 27.2 Å². The summed E-state index contributed by atoms with van der Waals surface area (Å²) < 4.78 is 26.7. The van der Waals surface area contributed by atoms with Crippen LogP contribution in [0, 0.1) is 5.41 Å². The highest BCUT2D eigenvalue weighted by atomic mass is 19.1. The normalized spacial score (nSPS) is 30.2. The van der Waals surface area contributed by atoms with E-state index in [2.05, 4.69) is 0 Å². The summed E-state index contributed by atoms with van der Waals surface area (Å²) >= 11 is 0. The van der Waals surface area contributed by atoms with Crippen molar-refractivity contribution >= 4 is 0 Å². The Hall–Kier alpha value is -0.660. The van der Waals surface area contributed by atoms with Gasteiger partial charge in [-0.1, -0.05) is 26.8 Å². The molecule has 0 bridgehead atoms. The fourth-order valence-corrected chi connectivity index (χ4v) is 1.19. The molecule has 2 heteroatoms. The van der Waals surface area contributed by atoms with E-state index < -0.39 is 16.9 Å². The van der Waals surface area contributed by atoms with E-state index in [4.69, 9.17) is 0 Å². The third-order valence-corrected chi connectivity index (χ3v) is 2.31. The predicted molar refractivity (Wildman–Crippen MR) is 46.2 cm³/mol. The zero-order chi connectivity index (χ0) is 9.41. The van der Waals surface area contributed by atoms with Crippen LogP contribution in [0.15, 0.2) is 24.1 Å². The first-order valence-electron chi connectivity index (χ1n) is 4.09. The summed E-state index contributed by atoms with van der Waals surface area (Å²) in [7, 11) is 0. The minimum atomic E-state index is -1.54. The molecule has 0 aliphatic heterocycles. The van der Waals surface area contributed by atoms with Gasteiger partial charge in [-0.25, -0.2) is 8.78 Å². The monoisotopic (exact) mass is 172 g/mol. The van der Waals surface area contributed by atoms with Gasteiger partial charge < -0.3 is 0 Å². The Labute approximate surface area is 72.0 Å². The fraction of sp³-hybridized carbons (Fsp3) is 0.600. The van der Waals surface area contributed by atoms with Gasteiger partial charge in [0, 0.05) is 11.8 Å². The second kappa shape index (κ2) is 2.68. The second-order valence-electron chi connectivity index (χ2n) is 4.25. The quantitative estimate of drug-likeness (QED) is 0.524. The maximum atomic E-state index is 14.0. The summed E-state index contributed by atoms with van der Waals surface area (Å²) in [4.78, 5) is 0. The van der Waals surface area contributed by atoms with Gasteiger partial charge in [-0.3, -0.25) is 0 Å². The average Bonchev–Trinajstić information content (AvgIpc) is 1.83. The number of hydrogen-bond donors (Lipinski definition) is 0. The van der Waals surface area contributed by atoms with E-state index in [9.17, 15) is 8.78 Å². The SMILES string of the molecule is CC(C)(C)C1(F)C=C(F)C=CC1. The summed E-state index contributed by atoms with van der Waals surface area (Å²) in [6.45, 7) is 5.32. The smallest absolute Gasteiger partial charge is 0.140 e. The van der Waals surface area contributed by atoms with Gasteiger partial charge in [0.05, 0.1) is 0 Å². The first-order valence-corrected chi connectivity index (χ1v) is 4.09. The predicted octanol–water partition coefficient (Wildman–Crippen LogP) is 3.55. The van der Waals surface area contributed by atoms with Crippen LogP contribution in [0.3, 0.4) is 0 Å². The van der Waals surface area contributed by atoms with Crippen LogP contribution in [0.4, 0.5) is 8.78 Å². The van der Waals surface area contributed by atoms with Crippen LogP contribution in [-0.4, -0.2) is 5.67 Å². The minimum Gasteiger partial charge on any atom is -0.238 e. The Morgan fingerprint density at radius 1 is 1.42 bits per heavy atom. The van der Waals surface area contributed by atoms with Crippen molar-refractivity contribution in [2.45, 2.75) is 32.9 Å². The molecule has 0 aromatic carbocycles. The van der Waals surface area contributed by atoms with E-state index in [-0.39, 0.29) is 6.42 Å². The molecule has 0 spiro atoms. The molecular weight excluding hydrogens is 158 g/mol. The lowest BCUT2D eigenvalue weighted by Gasteiger charge is -2.35. The summed E-state index contributed by atoms with van der Waals surface area (Å²) in [5.41, 5.74) is -2.08. The average molecular weight is 172 g/mol. The number of halogens is 2. The molecule has 0 saturated heterocycles. The third kappa shape index (κ3) is 1.57. The molecule has 0 N–H and O–H groups in total. The van der Waals surface area contributed by atoms with Crippen molar-refractivity contribution in [1.82, 2.24) is 0 Å². The Kier molecular flexibility index (Phi) is 2.11. The van der Waals surface area contributed by atoms with Crippen LogP contribution in [-0.2, 0) is 0 Å². The van der Waals surface area contributed by atoms with Crippen molar-refractivity contribution in [3.8, 4) is 0 Å². The maximum Gasteiger partial charge on any atom is 0.140 e. The first-order chi connectivity index (χ1) is 5.35. The lowest BCUT2D eigenvalue weighted by atomic mass is 9.74. The van der Waals surface area contributed by atoms with Crippen LogP contribution >= 0.6 is 0 Å². The molecule has 68 valence electrons. The summed E-state index contributed by atoms with van der Waals surface area (Å²) in [5.74, 6) is -0.473. The second-order valence-corrected chi connectivity index (χ2v) is 4.25. The van der Waals surface area contributed by atoms with Crippen molar-refractivity contribution in [2.24, 2.45) is 5.41 Å².